The van der Waals surface area contributed by atoms with E-state index in [0.29, 0.717) is 0 Å². The fraction of sp³-hybridized carbons (Fsp3) is 1.00. The van der Waals surface area contributed by atoms with Crippen molar-refractivity contribution >= 4 is 12.4 Å². The summed E-state index contributed by atoms with van der Waals surface area (Å²) >= 11 is 0. The van der Waals surface area contributed by atoms with Crippen molar-refractivity contribution in [2.24, 2.45) is 0 Å². The number of hydrogen-bond acceptors (Lipinski definition) is 6. The molecule has 8 heteroatoms. The van der Waals surface area contributed by atoms with Crippen LogP contribution in [0.25, 0.3) is 0 Å². The van der Waals surface area contributed by atoms with E-state index in [0.717, 1.165) is 0 Å². The minimum absolute atomic E-state index is 0. The Balaban J connectivity index is 0. The molecule has 6 nitrogen and oxygen atoms in total. The second kappa shape index (κ2) is 6.22. The molecule has 0 amide bonds. The predicted octanol–water partition coefficient (Wildman–Crippen LogP) is -3.42. The van der Waals surface area contributed by atoms with Crippen LogP contribution in [-0.4, -0.2) is 67.3 Å². The summed E-state index contributed by atoms with van der Waals surface area (Å²) in [6.07, 6.45) is -9.84. The van der Waals surface area contributed by atoms with Crippen LogP contribution >= 0.6 is 12.4 Å². The van der Waals surface area contributed by atoms with Gasteiger partial charge in [-0.3, -0.25) is 0 Å². The minimum Gasteiger partial charge on any atom is -0.387 e. The van der Waals surface area contributed by atoms with Crippen LogP contribution in [-0.2, 0) is 17.1 Å². The molecule has 0 aromatic carbocycles. The third kappa shape index (κ3) is 2.79. The van der Waals surface area contributed by atoms with Crippen molar-refractivity contribution in [3.8, 4) is 0 Å². The fourth-order valence-electron chi connectivity index (χ4n) is 1.21. The van der Waals surface area contributed by atoms with Crippen molar-refractivity contribution in [3.05, 3.63) is 0 Å². The second-order valence-corrected chi connectivity index (χ2v) is 2.94. The first-order valence-electron chi connectivity index (χ1n) is 3.55. The summed E-state index contributed by atoms with van der Waals surface area (Å²) in [6, 6.07) is 0. The van der Waals surface area contributed by atoms with Gasteiger partial charge in [0.1, 0.15) is 36.6 Å². The quantitative estimate of drug-likeness (QED) is 0.256. The molecule has 0 spiro atoms. The van der Waals surface area contributed by atoms with Gasteiger partial charge in [0.15, 0.2) is 0 Å². The average molecular weight is 272 g/mol. The van der Waals surface area contributed by atoms with Crippen LogP contribution < -0.4 is 0 Å². The minimum atomic E-state index is -1.64. The number of hydrogen-bond donors (Lipinski definition) is 6. The molecule has 0 radical (unpaired) electrons. The van der Waals surface area contributed by atoms with Crippen LogP contribution in [0, 0.1) is 0 Å². The fourth-order valence-corrected chi connectivity index (χ4v) is 1.21. The molecule has 0 aliphatic heterocycles. The third-order valence-electron chi connectivity index (χ3n) is 2.10. The van der Waals surface area contributed by atoms with Crippen molar-refractivity contribution in [2.45, 2.75) is 36.6 Å². The Morgan fingerprint density at radius 1 is 0.429 bits per heavy atom. The molecular weight excluding hydrogens is 259 g/mol. The van der Waals surface area contributed by atoms with Crippen LogP contribution in [0.5, 0.6) is 0 Å². The first-order chi connectivity index (χ1) is 5.46. The zero-order valence-electron chi connectivity index (χ0n) is 6.91. The monoisotopic (exact) mass is 272 g/mol. The number of halogens is 1. The number of aliphatic hydroxyl groups excluding tert-OH is 6. The van der Waals surface area contributed by atoms with Crippen molar-refractivity contribution in [1.82, 2.24) is 0 Å². The van der Waals surface area contributed by atoms with Crippen LogP contribution in [0.1, 0.15) is 0 Å². The second-order valence-electron chi connectivity index (χ2n) is 2.94. The van der Waals surface area contributed by atoms with E-state index in [-0.39, 0.29) is 29.5 Å². The topological polar surface area (TPSA) is 121 Å². The Bertz CT molecular complexity index is 114. The molecular formula is C6H13ClFeO6. The summed E-state index contributed by atoms with van der Waals surface area (Å²) in [7, 11) is 0. The van der Waals surface area contributed by atoms with Gasteiger partial charge in [-0.2, -0.15) is 0 Å². The first-order valence-corrected chi connectivity index (χ1v) is 3.55. The standard InChI is InChI=1S/C6H12O6.ClH.Fe/c7-1-2(8)4(10)6(12)5(11)3(1)9;;/h1-12H;1H;. The average Bonchev–Trinajstić information content (AvgIpc) is 2.08. The molecule has 0 aromatic rings. The van der Waals surface area contributed by atoms with Crippen molar-refractivity contribution in [1.29, 1.82) is 0 Å². The van der Waals surface area contributed by atoms with Gasteiger partial charge in [0.05, 0.1) is 0 Å². The van der Waals surface area contributed by atoms with Crippen molar-refractivity contribution < 1.29 is 47.7 Å². The van der Waals surface area contributed by atoms with Crippen molar-refractivity contribution in [3.63, 3.8) is 0 Å². The van der Waals surface area contributed by atoms with E-state index in [1.54, 1.807) is 0 Å². The van der Waals surface area contributed by atoms with E-state index >= 15 is 0 Å². The zero-order valence-corrected chi connectivity index (χ0v) is 8.83. The molecule has 1 aliphatic carbocycles. The van der Waals surface area contributed by atoms with Crippen LogP contribution in [0.4, 0.5) is 0 Å². The maximum absolute atomic E-state index is 8.97. The van der Waals surface area contributed by atoms with Gasteiger partial charge in [0.2, 0.25) is 0 Å². The molecule has 0 bridgehead atoms. The smallest absolute Gasteiger partial charge is 0.111 e. The Morgan fingerprint density at radius 2 is 0.500 bits per heavy atom. The van der Waals surface area contributed by atoms with Crippen LogP contribution in [0.15, 0.2) is 0 Å². The molecule has 0 heterocycles. The molecule has 0 saturated heterocycles. The molecule has 0 atom stereocenters. The Labute approximate surface area is 97.1 Å². The van der Waals surface area contributed by atoms with E-state index in [9.17, 15) is 0 Å². The normalized spacial score (nSPS) is 47.6. The van der Waals surface area contributed by atoms with E-state index in [2.05, 4.69) is 0 Å². The largest absolute Gasteiger partial charge is 0.387 e. The Hall–Kier alpha value is 0.569. The molecule has 88 valence electrons. The van der Waals surface area contributed by atoms with Crippen LogP contribution in [0.2, 0.25) is 0 Å². The Kier molecular flexibility index (Phi) is 7.54. The van der Waals surface area contributed by atoms with Gasteiger partial charge in [-0.25, -0.2) is 0 Å². The summed E-state index contributed by atoms with van der Waals surface area (Å²) in [5.74, 6) is 0. The van der Waals surface area contributed by atoms with E-state index in [1.807, 2.05) is 0 Å². The molecule has 6 N–H and O–H groups in total. The van der Waals surface area contributed by atoms with Gasteiger partial charge < -0.3 is 30.6 Å². The van der Waals surface area contributed by atoms with Gasteiger partial charge in [-0.05, 0) is 0 Å². The van der Waals surface area contributed by atoms with Gasteiger partial charge in [-0.1, -0.05) is 0 Å². The summed E-state index contributed by atoms with van der Waals surface area (Å²) < 4.78 is 0. The number of aliphatic hydroxyl groups is 6. The molecule has 0 aromatic heterocycles. The summed E-state index contributed by atoms with van der Waals surface area (Å²) in [6.45, 7) is 0. The number of rotatable bonds is 0. The summed E-state index contributed by atoms with van der Waals surface area (Å²) in [5.41, 5.74) is 0. The summed E-state index contributed by atoms with van der Waals surface area (Å²) in [4.78, 5) is 0. The third-order valence-corrected chi connectivity index (χ3v) is 2.10. The Morgan fingerprint density at radius 3 is 0.571 bits per heavy atom. The maximum Gasteiger partial charge on any atom is 0.111 e. The van der Waals surface area contributed by atoms with E-state index in [1.165, 1.54) is 0 Å². The SMILES string of the molecule is Cl.OC1C(O)C(O)C(O)C(O)C1O.[Fe]. The summed E-state index contributed by atoms with van der Waals surface area (Å²) in [5, 5.41) is 53.8. The van der Waals surface area contributed by atoms with Crippen molar-refractivity contribution in [2.75, 3.05) is 0 Å². The van der Waals surface area contributed by atoms with Gasteiger partial charge in [0.25, 0.3) is 0 Å². The zero-order chi connectivity index (χ0) is 9.46. The first kappa shape index (κ1) is 17.0. The molecule has 0 unspecified atom stereocenters. The van der Waals surface area contributed by atoms with Gasteiger partial charge in [-0.15, -0.1) is 12.4 Å². The van der Waals surface area contributed by atoms with Gasteiger partial charge >= 0.3 is 0 Å². The van der Waals surface area contributed by atoms with E-state index in [4.69, 9.17) is 30.6 Å². The molecule has 1 rings (SSSR count). The predicted molar refractivity (Wildman–Crippen MR) is 43.3 cm³/mol. The van der Waals surface area contributed by atoms with E-state index < -0.39 is 36.6 Å². The molecule has 1 saturated carbocycles. The van der Waals surface area contributed by atoms with Gasteiger partial charge in [0, 0.05) is 17.1 Å². The van der Waals surface area contributed by atoms with Crippen LogP contribution in [0.3, 0.4) is 0 Å². The maximum atomic E-state index is 8.97. The molecule has 1 aliphatic rings. The molecule has 1 fully saturated rings. The molecule has 14 heavy (non-hydrogen) atoms.